The molecule has 1 amide bonds. The summed E-state index contributed by atoms with van der Waals surface area (Å²) in [6.45, 7) is 4.06. The standard InChI is InChI=1S/C11H18N2O4/c1-3-4-13(7-10(14)15)11(16)9-5-8(17-2)6-12-9/h3,8-9,12H,1,4-7H2,2H3,(H,14,15). The van der Waals surface area contributed by atoms with Crippen molar-refractivity contribution in [1.82, 2.24) is 10.2 Å². The Hall–Kier alpha value is -1.40. The summed E-state index contributed by atoms with van der Waals surface area (Å²) in [4.78, 5) is 23.9. The van der Waals surface area contributed by atoms with Gasteiger partial charge in [0.15, 0.2) is 0 Å². The van der Waals surface area contributed by atoms with E-state index in [2.05, 4.69) is 11.9 Å². The van der Waals surface area contributed by atoms with Gasteiger partial charge in [0.2, 0.25) is 5.91 Å². The van der Waals surface area contributed by atoms with Crippen molar-refractivity contribution >= 4 is 11.9 Å². The highest BCUT2D eigenvalue weighted by atomic mass is 16.5. The van der Waals surface area contributed by atoms with Crippen molar-refractivity contribution in [2.24, 2.45) is 0 Å². The molecule has 1 rings (SSSR count). The third kappa shape index (κ3) is 3.83. The minimum Gasteiger partial charge on any atom is -0.480 e. The van der Waals surface area contributed by atoms with Gasteiger partial charge in [0.25, 0.3) is 0 Å². The van der Waals surface area contributed by atoms with Gasteiger partial charge < -0.3 is 20.1 Å². The van der Waals surface area contributed by atoms with Crippen LogP contribution in [0.25, 0.3) is 0 Å². The molecule has 0 saturated carbocycles. The highest BCUT2D eigenvalue weighted by molar-refractivity contribution is 5.85. The molecule has 0 aliphatic carbocycles. The van der Waals surface area contributed by atoms with Gasteiger partial charge in [-0.2, -0.15) is 0 Å². The molecule has 0 aromatic heterocycles. The molecule has 0 radical (unpaired) electrons. The van der Waals surface area contributed by atoms with Gasteiger partial charge in [-0.1, -0.05) is 6.08 Å². The Labute approximate surface area is 100 Å². The van der Waals surface area contributed by atoms with Crippen molar-refractivity contribution in [3.63, 3.8) is 0 Å². The average Bonchev–Trinajstić information content (AvgIpc) is 2.75. The predicted octanol–water partition coefficient (Wildman–Crippen LogP) is -0.537. The zero-order valence-electron chi connectivity index (χ0n) is 9.89. The summed E-state index contributed by atoms with van der Waals surface area (Å²) in [5.41, 5.74) is 0. The molecule has 1 aliphatic heterocycles. The number of nitrogens with one attached hydrogen (secondary N) is 1. The van der Waals surface area contributed by atoms with Crippen molar-refractivity contribution in [1.29, 1.82) is 0 Å². The molecule has 1 heterocycles. The lowest BCUT2D eigenvalue weighted by Gasteiger charge is -2.22. The van der Waals surface area contributed by atoms with E-state index >= 15 is 0 Å². The molecule has 2 atom stereocenters. The average molecular weight is 242 g/mol. The van der Waals surface area contributed by atoms with E-state index in [9.17, 15) is 9.59 Å². The number of hydrogen-bond acceptors (Lipinski definition) is 4. The predicted molar refractivity (Wildman–Crippen MR) is 61.6 cm³/mol. The Morgan fingerprint density at radius 1 is 1.65 bits per heavy atom. The number of methoxy groups -OCH3 is 1. The van der Waals surface area contributed by atoms with Gasteiger partial charge in [0.1, 0.15) is 6.54 Å². The minimum atomic E-state index is -1.03. The van der Waals surface area contributed by atoms with Crippen LogP contribution in [0.1, 0.15) is 6.42 Å². The Morgan fingerprint density at radius 2 is 2.35 bits per heavy atom. The fourth-order valence-electron chi connectivity index (χ4n) is 1.84. The zero-order chi connectivity index (χ0) is 12.8. The lowest BCUT2D eigenvalue weighted by atomic mass is 10.1. The van der Waals surface area contributed by atoms with Gasteiger partial charge in [0, 0.05) is 20.2 Å². The number of hydrogen-bond donors (Lipinski definition) is 2. The first kappa shape index (κ1) is 13.7. The van der Waals surface area contributed by atoms with E-state index in [4.69, 9.17) is 9.84 Å². The molecule has 6 heteroatoms. The summed E-state index contributed by atoms with van der Waals surface area (Å²) in [6, 6.07) is -0.362. The van der Waals surface area contributed by atoms with Crippen LogP contribution >= 0.6 is 0 Å². The van der Waals surface area contributed by atoms with Crippen LogP contribution < -0.4 is 5.32 Å². The smallest absolute Gasteiger partial charge is 0.323 e. The van der Waals surface area contributed by atoms with E-state index in [-0.39, 0.29) is 31.1 Å². The molecule has 1 saturated heterocycles. The quantitative estimate of drug-likeness (QED) is 0.612. The van der Waals surface area contributed by atoms with Crippen molar-refractivity contribution < 1.29 is 19.4 Å². The van der Waals surface area contributed by atoms with Gasteiger partial charge in [-0.15, -0.1) is 6.58 Å². The van der Waals surface area contributed by atoms with E-state index in [0.717, 1.165) is 0 Å². The molecule has 0 aromatic rings. The second-order valence-electron chi connectivity index (χ2n) is 3.96. The van der Waals surface area contributed by atoms with Crippen LogP contribution in [0.3, 0.4) is 0 Å². The van der Waals surface area contributed by atoms with E-state index < -0.39 is 5.97 Å². The lowest BCUT2D eigenvalue weighted by Crippen LogP contribution is -2.45. The van der Waals surface area contributed by atoms with E-state index in [1.165, 1.54) is 11.0 Å². The normalized spacial score (nSPS) is 23.4. The maximum Gasteiger partial charge on any atom is 0.323 e. The van der Waals surface area contributed by atoms with Crippen molar-refractivity contribution in [3.05, 3.63) is 12.7 Å². The molecule has 0 aromatic carbocycles. The van der Waals surface area contributed by atoms with Gasteiger partial charge >= 0.3 is 5.97 Å². The van der Waals surface area contributed by atoms with Crippen LogP contribution in [0.2, 0.25) is 0 Å². The van der Waals surface area contributed by atoms with Crippen LogP contribution in [-0.2, 0) is 14.3 Å². The molecule has 1 aliphatic rings. The van der Waals surface area contributed by atoms with Crippen molar-refractivity contribution in [2.45, 2.75) is 18.6 Å². The zero-order valence-corrected chi connectivity index (χ0v) is 9.89. The molecule has 6 nitrogen and oxygen atoms in total. The largest absolute Gasteiger partial charge is 0.480 e. The number of amides is 1. The number of carbonyl (C=O) groups is 2. The maximum atomic E-state index is 12.0. The van der Waals surface area contributed by atoms with Gasteiger partial charge in [-0.3, -0.25) is 9.59 Å². The molecule has 2 N–H and O–H groups in total. The Morgan fingerprint density at radius 3 is 2.82 bits per heavy atom. The number of rotatable bonds is 6. The highest BCUT2D eigenvalue weighted by Crippen LogP contribution is 2.12. The summed E-state index contributed by atoms with van der Waals surface area (Å²) < 4.78 is 5.14. The Bertz CT molecular complexity index is 306. The number of ether oxygens (including phenoxy) is 1. The molecule has 0 bridgehead atoms. The summed E-state index contributed by atoms with van der Waals surface area (Å²) in [5, 5.41) is 11.8. The highest BCUT2D eigenvalue weighted by Gasteiger charge is 2.32. The van der Waals surface area contributed by atoms with Crippen LogP contribution in [0.15, 0.2) is 12.7 Å². The first-order chi connectivity index (χ1) is 8.08. The van der Waals surface area contributed by atoms with Crippen LogP contribution in [0, 0.1) is 0 Å². The van der Waals surface area contributed by atoms with E-state index in [1.54, 1.807) is 7.11 Å². The summed E-state index contributed by atoms with van der Waals surface area (Å²) >= 11 is 0. The summed E-state index contributed by atoms with van der Waals surface area (Å²) in [6.07, 6.45) is 2.10. The van der Waals surface area contributed by atoms with E-state index in [1.807, 2.05) is 0 Å². The number of carboxylic acid groups (broad SMARTS) is 1. The molecule has 2 unspecified atom stereocenters. The number of carboxylic acids is 1. The second kappa shape index (κ2) is 6.36. The van der Waals surface area contributed by atoms with Crippen molar-refractivity contribution in [3.8, 4) is 0 Å². The fourth-order valence-corrected chi connectivity index (χ4v) is 1.84. The van der Waals surface area contributed by atoms with Gasteiger partial charge in [-0.25, -0.2) is 0 Å². The number of nitrogens with zero attached hydrogens (tertiary/aromatic N) is 1. The SMILES string of the molecule is C=CCN(CC(=O)O)C(=O)C1CC(OC)CN1. The lowest BCUT2D eigenvalue weighted by molar-refractivity contribution is -0.144. The second-order valence-corrected chi connectivity index (χ2v) is 3.96. The fraction of sp³-hybridized carbons (Fsp3) is 0.636. The third-order valence-corrected chi connectivity index (χ3v) is 2.71. The molecule has 1 fully saturated rings. The maximum absolute atomic E-state index is 12.0. The van der Waals surface area contributed by atoms with Crippen LogP contribution in [0.5, 0.6) is 0 Å². The van der Waals surface area contributed by atoms with Crippen LogP contribution in [0.4, 0.5) is 0 Å². The topological polar surface area (TPSA) is 78.9 Å². The minimum absolute atomic E-state index is 0.0133. The molecule has 96 valence electrons. The summed E-state index contributed by atoms with van der Waals surface area (Å²) in [5.74, 6) is -1.24. The Kier molecular flexibility index (Phi) is 5.11. The number of aliphatic carboxylic acids is 1. The first-order valence-electron chi connectivity index (χ1n) is 5.46. The Balaban J connectivity index is 2.58. The van der Waals surface area contributed by atoms with E-state index in [0.29, 0.717) is 13.0 Å². The third-order valence-electron chi connectivity index (χ3n) is 2.71. The van der Waals surface area contributed by atoms with Gasteiger partial charge in [0.05, 0.1) is 12.1 Å². The first-order valence-corrected chi connectivity index (χ1v) is 5.46. The summed E-state index contributed by atoms with van der Waals surface area (Å²) in [7, 11) is 1.60. The van der Waals surface area contributed by atoms with Crippen LogP contribution in [-0.4, -0.2) is 60.8 Å². The van der Waals surface area contributed by atoms with Gasteiger partial charge in [-0.05, 0) is 6.42 Å². The molecular formula is C11H18N2O4. The molecule has 17 heavy (non-hydrogen) atoms. The molecular weight excluding hydrogens is 224 g/mol. The number of carbonyl (C=O) groups excluding carboxylic acids is 1. The molecule has 0 spiro atoms. The van der Waals surface area contributed by atoms with Crippen molar-refractivity contribution in [2.75, 3.05) is 26.7 Å². The monoisotopic (exact) mass is 242 g/mol.